The van der Waals surface area contributed by atoms with E-state index in [1.54, 1.807) is 4.90 Å². The fourth-order valence-electron chi connectivity index (χ4n) is 3.70. The molecule has 0 N–H and O–H groups in total. The lowest BCUT2D eigenvalue weighted by Gasteiger charge is -2.28. The standard InChI is InChI=1S/C24H31NO4S/c1-4-19-7-11-23(12-8-19)29-16-24(26)25(22-13-14-30(27,28)17-22)15-20-5-9-21(10-6-20)18(2)3/h5-12,18,22H,4,13-17H2,1-3H3/t22-/m0/s1. The van der Waals surface area contributed by atoms with E-state index in [2.05, 4.69) is 32.9 Å². The van der Waals surface area contributed by atoms with Crippen LogP contribution in [0.25, 0.3) is 0 Å². The fraction of sp³-hybridized carbons (Fsp3) is 0.458. The van der Waals surface area contributed by atoms with Crippen molar-refractivity contribution in [2.75, 3.05) is 18.1 Å². The summed E-state index contributed by atoms with van der Waals surface area (Å²) in [4.78, 5) is 14.7. The molecule has 0 aliphatic carbocycles. The van der Waals surface area contributed by atoms with E-state index in [0.717, 1.165) is 12.0 Å². The first kappa shape index (κ1) is 22.3. The van der Waals surface area contributed by atoms with Gasteiger partial charge >= 0.3 is 0 Å². The van der Waals surface area contributed by atoms with Gasteiger partial charge < -0.3 is 9.64 Å². The van der Waals surface area contributed by atoms with Crippen LogP contribution in [0.2, 0.25) is 0 Å². The Morgan fingerprint density at radius 3 is 2.23 bits per heavy atom. The van der Waals surface area contributed by atoms with Crippen LogP contribution in [-0.4, -0.2) is 43.4 Å². The maximum atomic E-state index is 13.0. The Labute approximate surface area is 180 Å². The summed E-state index contributed by atoms with van der Waals surface area (Å²) >= 11 is 0. The third-order valence-electron chi connectivity index (χ3n) is 5.66. The molecule has 0 spiro atoms. The lowest BCUT2D eigenvalue weighted by Crippen LogP contribution is -2.43. The molecule has 2 aromatic rings. The molecule has 3 rings (SSSR count). The van der Waals surface area contributed by atoms with Gasteiger partial charge in [0.1, 0.15) is 5.75 Å². The topological polar surface area (TPSA) is 63.7 Å². The second-order valence-electron chi connectivity index (χ2n) is 8.26. The van der Waals surface area contributed by atoms with Crippen LogP contribution < -0.4 is 4.74 Å². The largest absolute Gasteiger partial charge is 0.484 e. The molecular weight excluding hydrogens is 398 g/mol. The quantitative estimate of drug-likeness (QED) is 0.637. The first-order valence-corrected chi connectivity index (χ1v) is 12.4. The van der Waals surface area contributed by atoms with Crippen LogP contribution in [0.4, 0.5) is 0 Å². The molecular formula is C24H31NO4S. The van der Waals surface area contributed by atoms with Crippen molar-refractivity contribution < 1.29 is 17.9 Å². The second-order valence-corrected chi connectivity index (χ2v) is 10.5. The van der Waals surface area contributed by atoms with E-state index in [1.807, 2.05) is 36.4 Å². The van der Waals surface area contributed by atoms with Crippen molar-refractivity contribution in [1.82, 2.24) is 4.90 Å². The van der Waals surface area contributed by atoms with Crippen molar-refractivity contribution in [3.8, 4) is 5.75 Å². The molecule has 1 aliphatic rings. The van der Waals surface area contributed by atoms with E-state index < -0.39 is 9.84 Å². The van der Waals surface area contributed by atoms with Crippen LogP contribution in [0.15, 0.2) is 48.5 Å². The van der Waals surface area contributed by atoms with Gasteiger partial charge in [0.15, 0.2) is 16.4 Å². The number of ether oxygens (including phenoxy) is 1. The molecule has 0 saturated carbocycles. The van der Waals surface area contributed by atoms with Crippen LogP contribution in [0.1, 0.15) is 49.8 Å². The number of amides is 1. The highest BCUT2D eigenvalue weighted by Gasteiger charge is 2.34. The molecule has 1 saturated heterocycles. The predicted octanol–water partition coefficient (Wildman–Crippen LogP) is 3.97. The van der Waals surface area contributed by atoms with E-state index in [4.69, 9.17) is 4.74 Å². The average Bonchev–Trinajstić information content (AvgIpc) is 3.10. The predicted molar refractivity (Wildman–Crippen MR) is 119 cm³/mol. The number of hydrogen-bond acceptors (Lipinski definition) is 4. The summed E-state index contributed by atoms with van der Waals surface area (Å²) in [7, 11) is -3.09. The average molecular weight is 430 g/mol. The second kappa shape index (κ2) is 9.65. The molecule has 162 valence electrons. The molecule has 1 fully saturated rings. The summed E-state index contributed by atoms with van der Waals surface area (Å²) in [5.74, 6) is 1.04. The highest BCUT2D eigenvalue weighted by Crippen LogP contribution is 2.22. The molecule has 0 radical (unpaired) electrons. The number of carbonyl (C=O) groups excluding carboxylic acids is 1. The van der Waals surface area contributed by atoms with Crippen molar-refractivity contribution in [2.24, 2.45) is 0 Å². The molecule has 6 heteroatoms. The van der Waals surface area contributed by atoms with Crippen molar-refractivity contribution in [2.45, 2.75) is 52.1 Å². The van der Waals surface area contributed by atoms with Crippen LogP contribution in [0.3, 0.4) is 0 Å². The number of nitrogens with zero attached hydrogens (tertiary/aromatic N) is 1. The first-order valence-electron chi connectivity index (χ1n) is 10.6. The molecule has 0 unspecified atom stereocenters. The maximum absolute atomic E-state index is 13.0. The van der Waals surface area contributed by atoms with E-state index in [-0.39, 0.29) is 30.1 Å². The van der Waals surface area contributed by atoms with Gasteiger partial charge in [0.25, 0.3) is 5.91 Å². The SMILES string of the molecule is CCc1ccc(OCC(=O)N(Cc2ccc(C(C)C)cc2)[C@H]2CCS(=O)(=O)C2)cc1. The van der Waals surface area contributed by atoms with Crippen molar-refractivity contribution in [3.63, 3.8) is 0 Å². The van der Waals surface area contributed by atoms with E-state index >= 15 is 0 Å². The Morgan fingerprint density at radius 1 is 1.07 bits per heavy atom. The Bertz CT molecular complexity index is 950. The highest BCUT2D eigenvalue weighted by atomic mass is 32.2. The Kier molecular flexibility index (Phi) is 7.19. The Morgan fingerprint density at radius 2 is 1.70 bits per heavy atom. The van der Waals surface area contributed by atoms with E-state index in [9.17, 15) is 13.2 Å². The van der Waals surface area contributed by atoms with Gasteiger partial charge in [0.2, 0.25) is 0 Å². The van der Waals surface area contributed by atoms with Crippen LogP contribution in [-0.2, 0) is 27.6 Å². The first-order chi connectivity index (χ1) is 14.3. The summed E-state index contributed by atoms with van der Waals surface area (Å²) in [6.07, 6.45) is 1.42. The van der Waals surface area contributed by atoms with Crippen molar-refractivity contribution >= 4 is 15.7 Å². The molecule has 0 bridgehead atoms. The minimum atomic E-state index is -3.09. The lowest BCUT2D eigenvalue weighted by atomic mass is 10.0. The molecule has 1 amide bonds. The summed E-state index contributed by atoms with van der Waals surface area (Å²) in [6, 6.07) is 15.6. The van der Waals surface area contributed by atoms with Gasteiger partial charge in [-0.25, -0.2) is 8.42 Å². The minimum Gasteiger partial charge on any atom is -0.484 e. The van der Waals surface area contributed by atoms with Crippen molar-refractivity contribution in [3.05, 3.63) is 65.2 Å². The van der Waals surface area contributed by atoms with E-state index in [1.165, 1.54) is 11.1 Å². The van der Waals surface area contributed by atoms with E-state index in [0.29, 0.717) is 24.6 Å². The number of hydrogen-bond donors (Lipinski definition) is 0. The third-order valence-corrected chi connectivity index (χ3v) is 7.41. The van der Waals surface area contributed by atoms with Gasteiger partial charge in [-0.15, -0.1) is 0 Å². The van der Waals surface area contributed by atoms with Crippen LogP contribution in [0.5, 0.6) is 5.75 Å². The Hall–Kier alpha value is -2.34. The zero-order chi connectivity index (χ0) is 21.7. The summed E-state index contributed by atoms with van der Waals surface area (Å²) in [5, 5.41) is 0. The molecule has 5 nitrogen and oxygen atoms in total. The molecule has 1 aliphatic heterocycles. The number of rotatable bonds is 8. The monoisotopic (exact) mass is 429 g/mol. The smallest absolute Gasteiger partial charge is 0.261 e. The Balaban J connectivity index is 1.72. The van der Waals surface area contributed by atoms with Gasteiger partial charge in [0, 0.05) is 12.6 Å². The van der Waals surface area contributed by atoms with Gasteiger partial charge in [0.05, 0.1) is 11.5 Å². The summed E-state index contributed by atoms with van der Waals surface area (Å²) in [6.45, 7) is 6.64. The summed E-state index contributed by atoms with van der Waals surface area (Å²) in [5.41, 5.74) is 3.43. The minimum absolute atomic E-state index is 0.0218. The number of aryl methyl sites for hydroxylation is 1. The molecule has 2 aromatic carbocycles. The van der Waals surface area contributed by atoms with Gasteiger partial charge in [-0.05, 0) is 47.6 Å². The normalized spacial score (nSPS) is 17.8. The summed E-state index contributed by atoms with van der Waals surface area (Å²) < 4.78 is 29.7. The number of benzene rings is 2. The number of sulfone groups is 1. The molecule has 1 atom stereocenters. The maximum Gasteiger partial charge on any atom is 0.261 e. The zero-order valence-corrected chi connectivity index (χ0v) is 18.8. The molecule has 0 aromatic heterocycles. The van der Waals surface area contributed by atoms with Crippen LogP contribution >= 0.6 is 0 Å². The zero-order valence-electron chi connectivity index (χ0n) is 18.0. The van der Waals surface area contributed by atoms with Crippen LogP contribution in [0, 0.1) is 0 Å². The van der Waals surface area contributed by atoms with Gasteiger partial charge in [-0.3, -0.25) is 4.79 Å². The molecule has 30 heavy (non-hydrogen) atoms. The lowest BCUT2D eigenvalue weighted by molar-refractivity contribution is -0.136. The van der Waals surface area contributed by atoms with Gasteiger partial charge in [-0.2, -0.15) is 0 Å². The highest BCUT2D eigenvalue weighted by molar-refractivity contribution is 7.91. The van der Waals surface area contributed by atoms with Crippen molar-refractivity contribution in [1.29, 1.82) is 0 Å². The number of carbonyl (C=O) groups is 1. The molecule has 1 heterocycles. The third kappa shape index (κ3) is 5.85. The fourth-order valence-corrected chi connectivity index (χ4v) is 5.43. The van der Waals surface area contributed by atoms with Gasteiger partial charge in [-0.1, -0.05) is 57.2 Å².